The van der Waals surface area contributed by atoms with Crippen LogP contribution in [0.15, 0.2) is 24.3 Å². The van der Waals surface area contributed by atoms with Crippen LogP contribution in [-0.4, -0.2) is 13.2 Å². The molecule has 0 aliphatic carbocycles. The zero-order valence-electron chi connectivity index (χ0n) is 8.57. The fourth-order valence-corrected chi connectivity index (χ4v) is 1.17. The van der Waals surface area contributed by atoms with Gasteiger partial charge in [0, 0.05) is 12.6 Å². The van der Waals surface area contributed by atoms with Gasteiger partial charge in [-0.05, 0) is 24.1 Å². The molecule has 0 heterocycles. The second kappa shape index (κ2) is 5.62. The summed E-state index contributed by atoms with van der Waals surface area (Å²) >= 11 is 0. The van der Waals surface area contributed by atoms with Gasteiger partial charge in [-0.25, -0.2) is 0 Å². The summed E-state index contributed by atoms with van der Waals surface area (Å²) in [6.07, 6.45) is 1.02. The van der Waals surface area contributed by atoms with Gasteiger partial charge in [-0.3, -0.25) is 0 Å². The lowest BCUT2D eigenvalue weighted by Gasteiger charge is -2.10. The van der Waals surface area contributed by atoms with Crippen LogP contribution in [0.3, 0.4) is 0 Å². The maximum Gasteiger partial charge on any atom is 0.119 e. The van der Waals surface area contributed by atoms with Gasteiger partial charge in [0.2, 0.25) is 0 Å². The minimum Gasteiger partial charge on any atom is -0.494 e. The molecule has 1 aromatic rings. The highest BCUT2D eigenvalue weighted by Crippen LogP contribution is 2.15. The monoisotopic (exact) mass is 194 g/mol. The summed E-state index contributed by atoms with van der Waals surface area (Å²) in [5.74, 6) is 0.889. The summed E-state index contributed by atoms with van der Waals surface area (Å²) in [7, 11) is 0. The van der Waals surface area contributed by atoms with Gasteiger partial charge >= 0.3 is 0 Å². The first-order valence-corrected chi connectivity index (χ1v) is 4.96. The molecular formula is C11H18N2O. The molecule has 1 aromatic carbocycles. The Morgan fingerprint density at radius 1 is 1.29 bits per heavy atom. The van der Waals surface area contributed by atoms with Gasteiger partial charge in [-0.2, -0.15) is 0 Å². The van der Waals surface area contributed by atoms with Gasteiger partial charge in [0.15, 0.2) is 0 Å². The first-order chi connectivity index (χ1) is 6.77. The molecule has 14 heavy (non-hydrogen) atoms. The lowest BCUT2D eigenvalue weighted by molar-refractivity contribution is 0.317. The molecule has 0 radical (unpaired) electrons. The first-order valence-electron chi connectivity index (χ1n) is 4.96. The highest BCUT2D eigenvalue weighted by Gasteiger charge is 2.02. The Bertz CT molecular complexity index is 258. The predicted molar refractivity (Wildman–Crippen MR) is 58.2 cm³/mol. The van der Waals surface area contributed by atoms with E-state index in [1.165, 1.54) is 0 Å². The van der Waals surface area contributed by atoms with E-state index < -0.39 is 0 Å². The molecule has 0 fully saturated rings. The van der Waals surface area contributed by atoms with E-state index in [4.69, 9.17) is 16.2 Å². The van der Waals surface area contributed by atoms with Crippen molar-refractivity contribution in [2.75, 3.05) is 13.2 Å². The van der Waals surface area contributed by atoms with E-state index in [2.05, 4.69) is 6.92 Å². The minimum atomic E-state index is -0.0739. The SMILES string of the molecule is CCCOc1ccc([C@@H](N)CN)cc1. The van der Waals surface area contributed by atoms with E-state index in [1.807, 2.05) is 24.3 Å². The number of nitrogens with two attached hydrogens (primary N) is 2. The average Bonchev–Trinajstić information content (AvgIpc) is 2.26. The van der Waals surface area contributed by atoms with Crippen LogP contribution in [0.5, 0.6) is 5.75 Å². The van der Waals surface area contributed by atoms with Crippen molar-refractivity contribution in [1.29, 1.82) is 0 Å². The molecule has 1 rings (SSSR count). The molecule has 0 saturated carbocycles. The van der Waals surface area contributed by atoms with Crippen molar-refractivity contribution in [3.8, 4) is 5.75 Å². The van der Waals surface area contributed by atoms with Crippen LogP contribution in [0.25, 0.3) is 0 Å². The summed E-state index contributed by atoms with van der Waals surface area (Å²) < 4.78 is 5.45. The van der Waals surface area contributed by atoms with Crippen LogP contribution in [0.2, 0.25) is 0 Å². The van der Waals surface area contributed by atoms with Gasteiger partial charge in [0.05, 0.1) is 6.61 Å². The van der Waals surface area contributed by atoms with E-state index in [0.717, 1.165) is 24.3 Å². The van der Waals surface area contributed by atoms with Crippen LogP contribution in [0.1, 0.15) is 24.9 Å². The second-order valence-electron chi connectivity index (χ2n) is 3.26. The van der Waals surface area contributed by atoms with Crippen LogP contribution in [-0.2, 0) is 0 Å². The summed E-state index contributed by atoms with van der Waals surface area (Å²) in [5, 5.41) is 0. The van der Waals surface area contributed by atoms with E-state index in [1.54, 1.807) is 0 Å². The van der Waals surface area contributed by atoms with Crippen molar-refractivity contribution in [2.24, 2.45) is 11.5 Å². The number of hydrogen-bond acceptors (Lipinski definition) is 3. The predicted octanol–water partition coefficient (Wildman–Crippen LogP) is 1.43. The van der Waals surface area contributed by atoms with E-state index in [0.29, 0.717) is 6.54 Å². The molecule has 0 unspecified atom stereocenters. The standard InChI is InChI=1S/C11H18N2O/c1-2-7-14-10-5-3-9(4-6-10)11(13)8-12/h3-6,11H,2,7-8,12-13H2,1H3/t11-/m0/s1. The third kappa shape index (κ3) is 3.01. The zero-order chi connectivity index (χ0) is 10.4. The Morgan fingerprint density at radius 3 is 2.43 bits per heavy atom. The summed E-state index contributed by atoms with van der Waals surface area (Å²) in [6.45, 7) is 3.30. The second-order valence-corrected chi connectivity index (χ2v) is 3.26. The van der Waals surface area contributed by atoms with Gasteiger partial charge in [-0.1, -0.05) is 19.1 Å². The van der Waals surface area contributed by atoms with Crippen molar-refractivity contribution in [1.82, 2.24) is 0 Å². The molecule has 0 amide bonds. The van der Waals surface area contributed by atoms with Crippen LogP contribution >= 0.6 is 0 Å². The van der Waals surface area contributed by atoms with Crippen molar-refractivity contribution in [2.45, 2.75) is 19.4 Å². The van der Waals surface area contributed by atoms with Gasteiger partial charge in [0.1, 0.15) is 5.75 Å². The molecule has 3 nitrogen and oxygen atoms in total. The van der Waals surface area contributed by atoms with Gasteiger partial charge in [-0.15, -0.1) is 0 Å². The molecule has 78 valence electrons. The van der Waals surface area contributed by atoms with Gasteiger partial charge < -0.3 is 16.2 Å². The minimum absolute atomic E-state index is 0.0739. The van der Waals surface area contributed by atoms with Crippen molar-refractivity contribution in [3.63, 3.8) is 0 Å². The molecule has 0 saturated heterocycles. The topological polar surface area (TPSA) is 61.3 Å². The summed E-state index contributed by atoms with van der Waals surface area (Å²) in [5.41, 5.74) is 12.3. The first kappa shape index (κ1) is 11.0. The molecule has 4 N–H and O–H groups in total. The molecule has 0 aromatic heterocycles. The van der Waals surface area contributed by atoms with Crippen LogP contribution < -0.4 is 16.2 Å². The number of hydrogen-bond donors (Lipinski definition) is 2. The fraction of sp³-hybridized carbons (Fsp3) is 0.455. The van der Waals surface area contributed by atoms with E-state index in [9.17, 15) is 0 Å². The van der Waals surface area contributed by atoms with Gasteiger partial charge in [0.25, 0.3) is 0 Å². The third-order valence-corrected chi connectivity index (χ3v) is 2.04. The molecule has 0 aliphatic rings. The Kier molecular flexibility index (Phi) is 4.43. The van der Waals surface area contributed by atoms with Crippen molar-refractivity contribution in [3.05, 3.63) is 29.8 Å². The summed E-state index contributed by atoms with van der Waals surface area (Å²) in [6, 6.07) is 7.71. The average molecular weight is 194 g/mol. The fourth-order valence-electron chi connectivity index (χ4n) is 1.17. The Labute approximate surface area is 85.0 Å². The quantitative estimate of drug-likeness (QED) is 0.745. The van der Waals surface area contributed by atoms with Crippen molar-refractivity contribution >= 4 is 0 Å². The van der Waals surface area contributed by atoms with Crippen LogP contribution in [0, 0.1) is 0 Å². The molecule has 3 heteroatoms. The maximum atomic E-state index is 5.78. The molecular weight excluding hydrogens is 176 g/mol. The lowest BCUT2D eigenvalue weighted by atomic mass is 10.1. The molecule has 0 bridgehead atoms. The smallest absolute Gasteiger partial charge is 0.119 e. The van der Waals surface area contributed by atoms with Crippen molar-refractivity contribution < 1.29 is 4.74 Å². The molecule has 1 atom stereocenters. The zero-order valence-corrected chi connectivity index (χ0v) is 8.57. The number of rotatable bonds is 5. The summed E-state index contributed by atoms with van der Waals surface area (Å²) in [4.78, 5) is 0. The Balaban J connectivity index is 2.59. The van der Waals surface area contributed by atoms with E-state index >= 15 is 0 Å². The Morgan fingerprint density at radius 2 is 1.93 bits per heavy atom. The lowest BCUT2D eigenvalue weighted by Crippen LogP contribution is -2.20. The number of benzene rings is 1. The normalized spacial score (nSPS) is 12.5. The molecule has 0 spiro atoms. The third-order valence-electron chi connectivity index (χ3n) is 2.04. The Hall–Kier alpha value is -1.06. The maximum absolute atomic E-state index is 5.78. The largest absolute Gasteiger partial charge is 0.494 e. The highest BCUT2D eigenvalue weighted by atomic mass is 16.5. The van der Waals surface area contributed by atoms with Crippen LogP contribution in [0.4, 0.5) is 0 Å². The van der Waals surface area contributed by atoms with E-state index in [-0.39, 0.29) is 6.04 Å². The highest BCUT2D eigenvalue weighted by molar-refractivity contribution is 5.29. The molecule has 0 aliphatic heterocycles. The number of ether oxygens (including phenoxy) is 1.